The Morgan fingerprint density at radius 2 is 1.75 bits per heavy atom. The lowest BCUT2D eigenvalue weighted by molar-refractivity contribution is 0.274. The van der Waals surface area contributed by atoms with Gasteiger partial charge in [-0.2, -0.15) is 0 Å². The van der Waals surface area contributed by atoms with Crippen molar-refractivity contribution in [3.8, 4) is 11.5 Å². The van der Waals surface area contributed by atoms with Crippen LogP contribution in [0.25, 0.3) is 11.0 Å². The fourth-order valence-corrected chi connectivity index (χ4v) is 2.00. The first-order chi connectivity index (χ1) is 9.74. The minimum absolute atomic E-state index is 0.376. The monoisotopic (exact) mass is 269 g/mol. The Kier molecular flexibility index (Phi) is 3.21. The number of nitrogen functional groups attached to an aromatic ring is 1. The molecule has 2 aromatic carbocycles. The van der Waals surface area contributed by atoms with E-state index < -0.39 is 0 Å². The summed E-state index contributed by atoms with van der Waals surface area (Å²) in [5.74, 6) is 2.34. The first-order valence-electron chi connectivity index (χ1n) is 6.29. The molecule has 0 spiro atoms. The smallest absolute Gasteiger partial charge is 0.146 e. The highest BCUT2D eigenvalue weighted by Gasteiger charge is 2.05. The molecule has 0 radical (unpaired) electrons. The fraction of sp³-hybridized carbons (Fsp3) is 0.125. The summed E-state index contributed by atoms with van der Waals surface area (Å²) >= 11 is 0. The normalized spacial score (nSPS) is 10.7. The molecule has 102 valence electrons. The number of ether oxygens (including phenoxy) is 2. The van der Waals surface area contributed by atoms with Crippen LogP contribution in [-0.2, 0) is 6.61 Å². The summed E-state index contributed by atoms with van der Waals surface area (Å²) in [5, 5.41) is 1.02. The Hall–Kier alpha value is -2.62. The van der Waals surface area contributed by atoms with Gasteiger partial charge in [0.1, 0.15) is 29.4 Å². The number of hydrogen-bond donors (Lipinski definition) is 1. The van der Waals surface area contributed by atoms with Gasteiger partial charge in [-0.1, -0.05) is 0 Å². The van der Waals surface area contributed by atoms with Crippen LogP contribution >= 0.6 is 0 Å². The van der Waals surface area contributed by atoms with Crippen LogP contribution < -0.4 is 15.2 Å². The van der Waals surface area contributed by atoms with Crippen molar-refractivity contribution in [1.29, 1.82) is 0 Å². The Bertz CT molecular complexity index is 716. The number of fused-ring (bicyclic) bond motifs is 1. The summed E-state index contributed by atoms with van der Waals surface area (Å²) in [4.78, 5) is 0. The second-order valence-electron chi connectivity index (χ2n) is 4.47. The van der Waals surface area contributed by atoms with E-state index in [4.69, 9.17) is 19.6 Å². The molecule has 20 heavy (non-hydrogen) atoms. The maximum Gasteiger partial charge on any atom is 0.146 e. The quantitative estimate of drug-likeness (QED) is 0.735. The minimum atomic E-state index is 0.376. The molecule has 1 aromatic heterocycles. The summed E-state index contributed by atoms with van der Waals surface area (Å²) in [7, 11) is 1.63. The van der Waals surface area contributed by atoms with Crippen molar-refractivity contribution in [3.05, 3.63) is 54.3 Å². The van der Waals surface area contributed by atoms with E-state index in [-0.39, 0.29) is 0 Å². The predicted molar refractivity (Wildman–Crippen MR) is 78.0 cm³/mol. The second kappa shape index (κ2) is 5.17. The molecule has 0 amide bonds. The third-order valence-corrected chi connectivity index (χ3v) is 3.04. The fourth-order valence-electron chi connectivity index (χ4n) is 2.00. The highest BCUT2D eigenvalue weighted by Crippen LogP contribution is 2.23. The predicted octanol–water partition coefficient (Wildman–Crippen LogP) is 3.60. The van der Waals surface area contributed by atoms with Crippen molar-refractivity contribution in [2.75, 3.05) is 12.8 Å². The van der Waals surface area contributed by atoms with Gasteiger partial charge < -0.3 is 19.6 Å². The Morgan fingerprint density at radius 3 is 2.50 bits per heavy atom. The molecule has 0 aliphatic rings. The van der Waals surface area contributed by atoms with Crippen molar-refractivity contribution < 1.29 is 13.9 Å². The van der Waals surface area contributed by atoms with Crippen LogP contribution in [0.2, 0.25) is 0 Å². The largest absolute Gasteiger partial charge is 0.497 e. The average molecular weight is 269 g/mol. The number of benzene rings is 2. The molecular weight excluding hydrogens is 254 g/mol. The van der Waals surface area contributed by atoms with Gasteiger partial charge in [0, 0.05) is 17.1 Å². The van der Waals surface area contributed by atoms with Gasteiger partial charge in [-0.3, -0.25) is 0 Å². The third kappa shape index (κ3) is 2.54. The molecule has 0 bridgehead atoms. The van der Waals surface area contributed by atoms with Gasteiger partial charge in [0.05, 0.1) is 7.11 Å². The van der Waals surface area contributed by atoms with E-state index in [1.54, 1.807) is 7.11 Å². The third-order valence-electron chi connectivity index (χ3n) is 3.04. The highest BCUT2D eigenvalue weighted by molar-refractivity contribution is 5.81. The molecule has 4 nitrogen and oxygen atoms in total. The van der Waals surface area contributed by atoms with Crippen molar-refractivity contribution >= 4 is 16.7 Å². The number of nitrogens with two attached hydrogens (primary N) is 1. The summed E-state index contributed by atoms with van der Waals surface area (Å²) in [6, 6.07) is 15.0. The lowest BCUT2D eigenvalue weighted by Gasteiger charge is -2.05. The molecule has 0 unspecified atom stereocenters. The standard InChI is InChI=1S/C16H15NO3/c1-18-13-4-6-14(7-5-13)19-10-15-8-11-2-3-12(17)9-16(11)20-15/h2-9H,10,17H2,1H3. The molecule has 1 heterocycles. The number of rotatable bonds is 4. The van der Waals surface area contributed by atoms with Gasteiger partial charge in [0.25, 0.3) is 0 Å². The summed E-state index contributed by atoms with van der Waals surface area (Å²) in [5.41, 5.74) is 7.19. The van der Waals surface area contributed by atoms with Crippen molar-refractivity contribution in [2.24, 2.45) is 0 Å². The van der Waals surface area contributed by atoms with Gasteiger partial charge in [-0.15, -0.1) is 0 Å². The van der Waals surface area contributed by atoms with E-state index in [0.29, 0.717) is 12.3 Å². The number of methoxy groups -OCH3 is 1. The Labute approximate surface area is 116 Å². The topological polar surface area (TPSA) is 57.6 Å². The molecule has 0 fully saturated rings. The molecule has 4 heteroatoms. The molecule has 0 saturated heterocycles. The molecule has 2 N–H and O–H groups in total. The molecule has 3 rings (SSSR count). The number of hydrogen-bond acceptors (Lipinski definition) is 4. The molecule has 0 aliphatic carbocycles. The van der Waals surface area contributed by atoms with E-state index in [1.165, 1.54) is 0 Å². The van der Waals surface area contributed by atoms with Crippen LogP contribution in [0.15, 0.2) is 52.9 Å². The molecular formula is C16H15NO3. The molecule has 0 aliphatic heterocycles. The van der Waals surface area contributed by atoms with E-state index in [0.717, 1.165) is 28.2 Å². The van der Waals surface area contributed by atoms with Gasteiger partial charge in [-0.25, -0.2) is 0 Å². The van der Waals surface area contributed by atoms with E-state index in [2.05, 4.69) is 0 Å². The van der Waals surface area contributed by atoms with Crippen molar-refractivity contribution in [3.63, 3.8) is 0 Å². The van der Waals surface area contributed by atoms with Gasteiger partial charge in [0.2, 0.25) is 0 Å². The SMILES string of the molecule is COc1ccc(OCc2cc3ccc(N)cc3o2)cc1. The average Bonchev–Trinajstić information content (AvgIpc) is 2.87. The van der Waals surface area contributed by atoms with Gasteiger partial charge >= 0.3 is 0 Å². The first kappa shape index (κ1) is 12.4. The second-order valence-corrected chi connectivity index (χ2v) is 4.47. The van der Waals surface area contributed by atoms with Crippen molar-refractivity contribution in [1.82, 2.24) is 0 Å². The molecule has 0 atom stereocenters. The lowest BCUT2D eigenvalue weighted by atomic mass is 10.2. The van der Waals surface area contributed by atoms with Crippen LogP contribution in [0, 0.1) is 0 Å². The Balaban J connectivity index is 1.72. The highest BCUT2D eigenvalue weighted by atomic mass is 16.5. The van der Waals surface area contributed by atoms with E-state index in [9.17, 15) is 0 Å². The van der Waals surface area contributed by atoms with E-state index >= 15 is 0 Å². The van der Waals surface area contributed by atoms with Crippen LogP contribution in [0.3, 0.4) is 0 Å². The summed E-state index contributed by atoms with van der Waals surface area (Å²) < 4.78 is 16.5. The first-order valence-corrected chi connectivity index (χ1v) is 6.29. The number of furan rings is 1. The van der Waals surface area contributed by atoms with Crippen LogP contribution in [-0.4, -0.2) is 7.11 Å². The van der Waals surface area contributed by atoms with E-state index in [1.807, 2.05) is 48.5 Å². The van der Waals surface area contributed by atoms with Gasteiger partial charge in [0.15, 0.2) is 0 Å². The van der Waals surface area contributed by atoms with Gasteiger partial charge in [-0.05, 0) is 42.5 Å². The van der Waals surface area contributed by atoms with Crippen LogP contribution in [0.4, 0.5) is 5.69 Å². The van der Waals surface area contributed by atoms with Crippen molar-refractivity contribution in [2.45, 2.75) is 6.61 Å². The zero-order valence-electron chi connectivity index (χ0n) is 11.1. The summed E-state index contributed by atoms with van der Waals surface area (Å²) in [6.45, 7) is 0.376. The van der Waals surface area contributed by atoms with Crippen LogP contribution in [0.5, 0.6) is 11.5 Å². The lowest BCUT2D eigenvalue weighted by Crippen LogP contribution is -1.93. The Morgan fingerprint density at radius 1 is 1.00 bits per heavy atom. The summed E-state index contributed by atoms with van der Waals surface area (Å²) in [6.07, 6.45) is 0. The molecule has 0 saturated carbocycles. The minimum Gasteiger partial charge on any atom is -0.497 e. The molecule has 3 aromatic rings. The number of anilines is 1. The maximum atomic E-state index is 5.72. The zero-order valence-corrected chi connectivity index (χ0v) is 11.1. The zero-order chi connectivity index (χ0) is 13.9. The van der Waals surface area contributed by atoms with Crippen LogP contribution in [0.1, 0.15) is 5.76 Å². The maximum absolute atomic E-state index is 5.72.